The first-order valence-corrected chi connectivity index (χ1v) is 7.32. The highest BCUT2D eigenvalue weighted by molar-refractivity contribution is 5.79. The fourth-order valence-electron chi connectivity index (χ4n) is 2.78. The zero-order valence-corrected chi connectivity index (χ0v) is 12.4. The van der Waals surface area contributed by atoms with Gasteiger partial charge in [-0.1, -0.05) is 40.5 Å². The molecule has 1 aliphatic carbocycles. The smallest absolute Gasteiger partial charge is 0.205 e. The molecule has 0 saturated heterocycles. The zero-order valence-electron chi connectivity index (χ0n) is 12.4. The maximum absolute atomic E-state index is 5.55. The standard InChI is InChI=1S/C14H30N4/c1-10(2)13(11(3)4)9-16-14(18-15)17-12-7-5-6-8-12/h10-13H,5-9,15H2,1-4H3,(H2,16,17,18). The number of nitrogens with zero attached hydrogens (tertiary/aromatic N) is 1. The van der Waals surface area contributed by atoms with Crippen molar-refractivity contribution >= 4 is 5.96 Å². The number of hydrazine groups is 1. The SMILES string of the molecule is CC(C)C(CN=C(NN)NC1CCCC1)C(C)C. The van der Waals surface area contributed by atoms with E-state index >= 15 is 0 Å². The molecule has 0 aromatic carbocycles. The third-order valence-electron chi connectivity index (χ3n) is 4.01. The van der Waals surface area contributed by atoms with E-state index in [2.05, 4.69) is 43.4 Å². The summed E-state index contributed by atoms with van der Waals surface area (Å²) < 4.78 is 0. The van der Waals surface area contributed by atoms with Crippen LogP contribution in [0.25, 0.3) is 0 Å². The van der Waals surface area contributed by atoms with Crippen LogP contribution in [0.4, 0.5) is 0 Å². The molecule has 0 spiro atoms. The molecule has 0 amide bonds. The molecule has 1 rings (SSSR count). The van der Waals surface area contributed by atoms with E-state index in [1.165, 1.54) is 25.7 Å². The van der Waals surface area contributed by atoms with Crippen LogP contribution in [-0.4, -0.2) is 18.5 Å². The zero-order chi connectivity index (χ0) is 13.5. The van der Waals surface area contributed by atoms with Crippen LogP contribution in [0.5, 0.6) is 0 Å². The molecule has 4 heteroatoms. The molecule has 0 aromatic rings. The Morgan fingerprint density at radius 1 is 1.17 bits per heavy atom. The number of guanidine groups is 1. The molecule has 4 N–H and O–H groups in total. The molecule has 0 heterocycles. The van der Waals surface area contributed by atoms with E-state index in [1.807, 2.05) is 0 Å². The lowest BCUT2D eigenvalue weighted by Crippen LogP contribution is -2.46. The van der Waals surface area contributed by atoms with Crippen LogP contribution in [0.2, 0.25) is 0 Å². The summed E-state index contributed by atoms with van der Waals surface area (Å²) in [6, 6.07) is 0.552. The van der Waals surface area contributed by atoms with Crippen molar-refractivity contribution in [1.82, 2.24) is 10.7 Å². The highest BCUT2D eigenvalue weighted by Gasteiger charge is 2.18. The van der Waals surface area contributed by atoms with Crippen molar-refractivity contribution in [1.29, 1.82) is 0 Å². The van der Waals surface area contributed by atoms with Crippen LogP contribution >= 0.6 is 0 Å². The summed E-state index contributed by atoms with van der Waals surface area (Å²) in [5, 5.41) is 3.41. The van der Waals surface area contributed by atoms with E-state index < -0.39 is 0 Å². The molecule has 0 bridgehead atoms. The van der Waals surface area contributed by atoms with Crippen molar-refractivity contribution in [2.45, 2.75) is 59.4 Å². The molecule has 4 nitrogen and oxygen atoms in total. The van der Waals surface area contributed by atoms with Crippen LogP contribution < -0.4 is 16.6 Å². The Kier molecular flexibility index (Phi) is 6.47. The van der Waals surface area contributed by atoms with E-state index in [0.717, 1.165) is 12.5 Å². The number of hydrogen-bond donors (Lipinski definition) is 3. The van der Waals surface area contributed by atoms with Gasteiger partial charge in [0.25, 0.3) is 0 Å². The molecule has 106 valence electrons. The summed E-state index contributed by atoms with van der Waals surface area (Å²) in [6.07, 6.45) is 5.10. The second kappa shape index (κ2) is 7.62. The molecular weight excluding hydrogens is 224 g/mol. The molecule has 18 heavy (non-hydrogen) atoms. The number of nitrogens with two attached hydrogens (primary N) is 1. The Hall–Kier alpha value is -0.770. The van der Waals surface area contributed by atoms with Crippen molar-refractivity contribution < 1.29 is 0 Å². The average Bonchev–Trinajstić information content (AvgIpc) is 2.79. The predicted octanol–water partition coefficient (Wildman–Crippen LogP) is 2.27. The largest absolute Gasteiger partial charge is 0.353 e. The number of rotatable bonds is 5. The minimum atomic E-state index is 0.552. The summed E-state index contributed by atoms with van der Waals surface area (Å²) in [4.78, 5) is 4.62. The van der Waals surface area contributed by atoms with Crippen molar-refractivity contribution in [3.05, 3.63) is 0 Å². The van der Waals surface area contributed by atoms with Crippen LogP contribution in [-0.2, 0) is 0 Å². The first-order chi connectivity index (χ1) is 8.54. The first kappa shape index (κ1) is 15.3. The van der Waals surface area contributed by atoms with Crippen molar-refractivity contribution in [2.75, 3.05) is 6.54 Å². The molecule has 1 fully saturated rings. The maximum atomic E-state index is 5.55. The number of nitrogens with one attached hydrogen (secondary N) is 2. The molecule has 1 saturated carbocycles. The minimum Gasteiger partial charge on any atom is -0.353 e. The van der Waals surface area contributed by atoms with Gasteiger partial charge >= 0.3 is 0 Å². The van der Waals surface area contributed by atoms with E-state index in [4.69, 9.17) is 5.84 Å². The van der Waals surface area contributed by atoms with Gasteiger partial charge in [0.2, 0.25) is 5.96 Å². The fourth-order valence-corrected chi connectivity index (χ4v) is 2.78. The number of aliphatic imine (C=N–C) groups is 1. The summed E-state index contributed by atoms with van der Waals surface area (Å²) in [7, 11) is 0. The Bertz CT molecular complexity index is 247. The summed E-state index contributed by atoms with van der Waals surface area (Å²) in [5.41, 5.74) is 2.70. The lowest BCUT2D eigenvalue weighted by atomic mass is 9.86. The molecule has 1 aliphatic rings. The van der Waals surface area contributed by atoms with Crippen LogP contribution in [0, 0.1) is 17.8 Å². The van der Waals surface area contributed by atoms with Crippen LogP contribution in [0.3, 0.4) is 0 Å². The Labute approximate surface area is 112 Å². The van der Waals surface area contributed by atoms with Gasteiger partial charge in [0.1, 0.15) is 0 Å². The Balaban J connectivity index is 2.49. The Morgan fingerprint density at radius 2 is 1.72 bits per heavy atom. The van der Waals surface area contributed by atoms with Crippen molar-refractivity contribution in [2.24, 2.45) is 28.6 Å². The van der Waals surface area contributed by atoms with E-state index in [-0.39, 0.29) is 0 Å². The van der Waals surface area contributed by atoms with Gasteiger partial charge in [-0.15, -0.1) is 0 Å². The normalized spacial score (nSPS) is 18.1. The molecule has 0 unspecified atom stereocenters. The molecule has 0 atom stereocenters. The van der Waals surface area contributed by atoms with Crippen LogP contribution in [0.1, 0.15) is 53.4 Å². The number of hydrogen-bond acceptors (Lipinski definition) is 2. The third-order valence-corrected chi connectivity index (χ3v) is 4.01. The van der Waals surface area contributed by atoms with Crippen LogP contribution in [0.15, 0.2) is 4.99 Å². The van der Waals surface area contributed by atoms with Gasteiger partial charge in [0.05, 0.1) is 0 Å². The van der Waals surface area contributed by atoms with Gasteiger partial charge in [0, 0.05) is 12.6 Å². The molecular formula is C14H30N4. The predicted molar refractivity (Wildman–Crippen MR) is 78.2 cm³/mol. The molecule has 0 aromatic heterocycles. The average molecular weight is 254 g/mol. The van der Waals surface area contributed by atoms with Gasteiger partial charge in [0.15, 0.2) is 0 Å². The monoisotopic (exact) mass is 254 g/mol. The minimum absolute atomic E-state index is 0.552. The topological polar surface area (TPSA) is 62.4 Å². The van der Waals surface area contributed by atoms with Gasteiger partial charge < -0.3 is 5.32 Å². The highest BCUT2D eigenvalue weighted by Crippen LogP contribution is 2.21. The van der Waals surface area contributed by atoms with E-state index in [0.29, 0.717) is 23.8 Å². The fraction of sp³-hybridized carbons (Fsp3) is 0.929. The second-order valence-electron chi connectivity index (χ2n) is 6.11. The summed E-state index contributed by atoms with van der Waals surface area (Å²) in [5.74, 6) is 8.22. The summed E-state index contributed by atoms with van der Waals surface area (Å²) in [6.45, 7) is 9.90. The third kappa shape index (κ3) is 4.84. The summed E-state index contributed by atoms with van der Waals surface area (Å²) >= 11 is 0. The van der Waals surface area contributed by atoms with Gasteiger partial charge in [-0.3, -0.25) is 10.4 Å². The molecule has 0 radical (unpaired) electrons. The lowest BCUT2D eigenvalue weighted by Gasteiger charge is -2.23. The Morgan fingerprint density at radius 3 is 2.17 bits per heavy atom. The van der Waals surface area contributed by atoms with Gasteiger partial charge in [-0.25, -0.2) is 5.84 Å². The highest BCUT2D eigenvalue weighted by atomic mass is 15.3. The van der Waals surface area contributed by atoms with E-state index in [1.54, 1.807) is 0 Å². The first-order valence-electron chi connectivity index (χ1n) is 7.32. The second-order valence-corrected chi connectivity index (χ2v) is 6.11. The van der Waals surface area contributed by atoms with Crippen molar-refractivity contribution in [3.63, 3.8) is 0 Å². The van der Waals surface area contributed by atoms with Crippen molar-refractivity contribution in [3.8, 4) is 0 Å². The maximum Gasteiger partial charge on any atom is 0.205 e. The molecule has 0 aliphatic heterocycles. The lowest BCUT2D eigenvalue weighted by molar-refractivity contribution is 0.297. The van der Waals surface area contributed by atoms with Gasteiger partial charge in [-0.2, -0.15) is 0 Å². The quantitative estimate of drug-likeness (QED) is 0.305. The van der Waals surface area contributed by atoms with Gasteiger partial charge in [-0.05, 0) is 30.6 Å². The van der Waals surface area contributed by atoms with E-state index in [9.17, 15) is 0 Å².